The fraction of sp³-hybridized carbons (Fsp3) is 0.375. The van der Waals surface area contributed by atoms with E-state index in [9.17, 15) is 20.0 Å². The number of non-ortho nitro benzene ring substituents is 1. The summed E-state index contributed by atoms with van der Waals surface area (Å²) in [5.41, 5.74) is 4.91. The van der Waals surface area contributed by atoms with Crippen LogP contribution in [0.15, 0.2) is 42.6 Å². The maximum absolute atomic E-state index is 12.5. The minimum Gasteiger partial charge on any atom is -0.496 e. The predicted molar refractivity (Wildman–Crippen MR) is 127 cm³/mol. The van der Waals surface area contributed by atoms with Gasteiger partial charge in [0.05, 0.1) is 12.0 Å². The molecule has 0 aliphatic rings. The van der Waals surface area contributed by atoms with E-state index in [1.807, 2.05) is 12.3 Å². The molecular formula is C24H30N4O6. The van der Waals surface area contributed by atoms with Crippen molar-refractivity contribution in [1.82, 2.24) is 15.8 Å². The fourth-order valence-corrected chi connectivity index (χ4v) is 3.85. The van der Waals surface area contributed by atoms with E-state index in [0.717, 1.165) is 47.7 Å². The number of fused-ring (bicyclic) bond motifs is 1. The number of aromatic nitrogens is 1. The summed E-state index contributed by atoms with van der Waals surface area (Å²) in [6.45, 7) is 0.540. The molecule has 0 spiro atoms. The number of H-pyrrole nitrogens is 1. The van der Waals surface area contributed by atoms with E-state index < -0.39 is 11.2 Å². The van der Waals surface area contributed by atoms with E-state index >= 15 is 0 Å². The number of hydroxylamine groups is 1. The van der Waals surface area contributed by atoms with Crippen molar-refractivity contribution in [3.8, 4) is 5.75 Å². The number of aliphatic hydroxyl groups excluding tert-OH is 1. The highest BCUT2D eigenvalue weighted by Crippen LogP contribution is 2.29. The number of amides is 1. The second-order valence-corrected chi connectivity index (χ2v) is 8.11. The molecule has 34 heavy (non-hydrogen) atoms. The van der Waals surface area contributed by atoms with Gasteiger partial charge in [-0.25, -0.2) is 0 Å². The molecule has 1 aromatic heterocycles. The zero-order valence-corrected chi connectivity index (χ0v) is 19.0. The molecule has 10 nitrogen and oxygen atoms in total. The molecule has 2 aromatic carbocycles. The van der Waals surface area contributed by atoms with Crippen molar-refractivity contribution in [3.63, 3.8) is 0 Å². The highest BCUT2D eigenvalue weighted by Gasteiger charge is 2.14. The molecule has 1 unspecified atom stereocenters. The molecule has 3 rings (SSSR count). The Morgan fingerprint density at radius 3 is 2.68 bits per heavy atom. The van der Waals surface area contributed by atoms with Crippen LogP contribution in [0.25, 0.3) is 10.9 Å². The van der Waals surface area contributed by atoms with Gasteiger partial charge in [-0.05, 0) is 48.6 Å². The lowest BCUT2D eigenvalue weighted by molar-refractivity contribution is -0.384. The lowest BCUT2D eigenvalue weighted by Crippen LogP contribution is -2.25. The Morgan fingerprint density at radius 1 is 1.15 bits per heavy atom. The van der Waals surface area contributed by atoms with Gasteiger partial charge >= 0.3 is 0 Å². The lowest BCUT2D eigenvalue weighted by Gasteiger charge is -2.11. The van der Waals surface area contributed by atoms with Gasteiger partial charge in [0, 0.05) is 47.8 Å². The second kappa shape index (κ2) is 12.1. The molecule has 0 fully saturated rings. The van der Waals surface area contributed by atoms with Gasteiger partial charge in [-0.2, -0.15) is 5.48 Å². The highest BCUT2D eigenvalue weighted by molar-refractivity contribution is 5.94. The van der Waals surface area contributed by atoms with Crippen molar-refractivity contribution in [1.29, 1.82) is 0 Å². The second-order valence-electron chi connectivity index (χ2n) is 8.11. The van der Waals surface area contributed by atoms with Crippen molar-refractivity contribution >= 4 is 22.5 Å². The van der Waals surface area contributed by atoms with Gasteiger partial charge in [-0.3, -0.25) is 14.9 Å². The Balaban J connectivity index is 1.58. The van der Waals surface area contributed by atoms with Gasteiger partial charge in [-0.1, -0.05) is 18.9 Å². The van der Waals surface area contributed by atoms with Crippen molar-refractivity contribution < 1.29 is 24.8 Å². The maximum atomic E-state index is 12.5. The molecule has 1 heterocycles. The number of methoxy groups -OCH3 is 1. The van der Waals surface area contributed by atoms with E-state index in [1.54, 1.807) is 36.9 Å². The first-order chi connectivity index (χ1) is 16.4. The normalized spacial score (nSPS) is 12.0. The number of hydrogen-bond acceptors (Lipinski definition) is 7. The number of aliphatic hydroxyl groups is 1. The number of ether oxygens (including phenoxy) is 1. The summed E-state index contributed by atoms with van der Waals surface area (Å²) in [7, 11) is 1.55. The number of carbonyl (C=O) groups excluding carboxylic acids is 1. The smallest absolute Gasteiger partial charge is 0.270 e. The van der Waals surface area contributed by atoms with Gasteiger partial charge in [-0.15, -0.1) is 0 Å². The van der Waals surface area contributed by atoms with Gasteiger partial charge in [0.15, 0.2) is 0 Å². The zero-order chi connectivity index (χ0) is 24.5. The number of hydrogen-bond donors (Lipinski definition) is 5. The number of nitrogens with zero attached hydrogens (tertiary/aromatic N) is 1. The highest BCUT2D eigenvalue weighted by atomic mass is 16.6. The number of aromatic amines is 1. The number of unbranched alkanes of at least 4 members (excludes halogenated alkanes) is 3. The van der Waals surface area contributed by atoms with Gasteiger partial charge < -0.3 is 25.4 Å². The van der Waals surface area contributed by atoms with Crippen LogP contribution in [0.5, 0.6) is 5.75 Å². The lowest BCUT2D eigenvalue weighted by atomic mass is 10.0. The molecule has 182 valence electrons. The summed E-state index contributed by atoms with van der Waals surface area (Å²) < 4.78 is 5.52. The summed E-state index contributed by atoms with van der Waals surface area (Å²) in [5, 5.41) is 32.6. The number of rotatable bonds is 13. The number of benzene rings is 2. The third kappa shape index (κ3) is 6.53. The fourth-order valence-electron chi connectivity index (χ4n) is 3.85. The summed E-state index contributed by atoms with van der Waals surface area (Å²) >= 11 is 0. The van der Waals surface area contributed by atoms with E-state index in [4.69, 9.17) is 9.94 Å². The summed E-state index contributed by atoms with van der Waals surface area (Å²) in [6, 6.07) is 10.00. The van der Waals surface area contributed by atoms with Crippen LogP contribution in [0.1, 0.15) is 53.6 Å². The first kappa shape index (κ1) is 25.2. The monoisotopic (exact) mass is 470 g/mol. The quantitative estimate of drug-likeness (QED) is 0.111. The summed E-state index contributed by atoms with van der Waals surface area (Å²) in [6.07, 6.45) is 5.30. The van der Waals surface area contributed by atoms with Crippen LogP contribution in [0.3, 0.4) is 0 Å². The van der Waals surface area contributed by atoms with Gasteiger partial charge in [0.2, 0.25) is 0 Å². The Kier molecular flexibility index (Phi) is 8.97. The average Bonchev–Trinajstić information content (AvgIpc) is 3.25. The zero-order valence-electron chi connectivity index (χ0n) is 19.0. The Bertz CT molecular complexity index is 1130. The molecule has 0 bridgehead atoms. The molecule has 1 atom stereocenters. The van der Waals surface area contributed by atoms with E-state index in [-0.39, 0.29) is 11.6 Å². The minimum absolute atomic E-state index is 0.0343. The number of carbonyl (C=O) groups is 1. The van der Waals surface area contributed by atoms with Gasteiger partial charge in [0.1, 0.15) is 12.0 Å². The summed E-state index contributed by atoms with van der Waals surface area (Å²) in [5.74, 6) is 0.385. The Labute approximate surface area is 197 Å². The van der Waals surface area contributed by atoms with Crippen molar-refractivity contribution in [2.24, 2.45) is 0 Å². The standard InChI is InChI=1S/C24H30N4O6/c1-34-22-13-17(24(30)25-11-5-3-2-4-6-23(29)27-31)8-7-16(22)12-18-15-26-21-10-9-19(28(32)33)14-20(18)21/h7-10,13-15,23,26-27,29,31H,2-6,11-12H2,1H3,(H,25,30). The molecule has 0 saturated heterocycles. The predicted octanol–water partition coefficient (Wildman–Crippen LogP) is 3.65. The largest absolute Gasteiger partial charge is 0.496 e. The molecule has 10 heteroatoms. The van der Waals surface area contributed by atoms with E-state index in [1.165, 1.54) is 6.07 Å². The molecule has 0 aliphatic carbocycles. The topological polar surface area (TPSA) is 150 Å². The molecule has 0 aliphatic heterocycles. The van der Waals surface area contributed by atoms with Crippen molar-refractivity contribution in [2.45, 2.75) is 44.8 Å². The number of nitro groups is 1. The number of nitro benzene ring substituents is 1. The SMILES string of the molecule is COc1cc(C(=O)NCCCCCCC(O)NO)ccc1Cc1c[nH]c2ccc([N+](=O)[O-])cc12. The molecular weight excluding hydrogens is 440 g/mol. The number of nitrogens with one attached hydrogen (secondary N) is 3. The third-order valence-electron chi connectivity index (χ3n) is 5.73. The van der Waals surface area contributed by atoms with Crippen LogP contribution < -0.4 is 15.5 Å². The molecule has 0 radical (unpaired) electrons. The van der Waals surface area contributed by atoms with Crippen LogP contribution in [0.4, 0.5) is 5.69 Å². The molecule has 0 saturated carbocycles. The maximum Gasteiger partial charge on any atom is 0.270 e. The minimum atomic E-state index is -0.896. The average molecular weight is 471 g/mol. The van der Waals surface area contributed by atoms with Crippen molar-refractivity contribution in [3.05, 3.63) is 69.4 Å². The molecule has 1 amide bonds. The van der Waals surface area contributed by atoms with Crippen molar-refractivity contribution in [2.75, 3.05) is 13.7 Å². The molecule has 3 aromatic rings. The van der Waals surface area contributed by atoms with Gasteiger partial charge in [0.25, 0.3) is 11.6 Å². The van der Waals surface area contributed by atoms with E-state index in [0.29, 0.717) is 30.7 Å². The van der Waals surface area contributed by atoms with Crippen LogP contribution in [0.2, 0.25) is 0 Å². The van der Waals surface area contributed by atoms with Crippen LogP contribution in [-0.4, -0.2) is 46.0 Å². The van der Waals surface area contributed by atoms with E-state index in [2.05, 4.69) is 10.3 Å². The molecule has 5 N–H and O–H groups in total. The van der Waals surface area contributed by atoms with Crippen LogP contribution in [-0.2, 0) is 6.42 Å². The third-order valence-corrected chi connectivity index (χ3v) is 5.73. The first-order valence-electron chi connectivity index (χ1n) is 11.2. The Morgan fingerprint density at radius 2 is 1.94 bits per heavy atom. The van der Waals surface area contributed by atoms with Crippen LogP contribution in [0, 0.1) is 10.1 Å². The van der Waals surface area contributed by atoms with Crippen LogP contribution >= 0.6 is 0 Å². The first-order valence-corrected chi connectivity index (χ1v) is 11.2. The summed E-state index contributed by atoms with van der Waals surface area (Å²) in [4.78, 5) is 26.4. The Hall–Kier alpha value is -3.47.